The van der Waals surface area contributed by atoms with Crippen LogP contribution in [0.25, 0.3) is 11.5 Å². The molecule has 1 aliphatic rings. The van der Waals surface area contributed by atoms with Gasteiger partial charge in [-0.2, -0.15) is 13.2 Å². The number of rotatable bonds is 4. The van der Waals surface area contributed by atoms with Crippen LogP contribution in [-0.4, -0.2) is 16.8 Å². The highest BCUT2D eigenvalue weighted by Gasteiger charge is 2.30. The lowest BCUT2D eigenvalue weighted by Crippen LogP contribution is -2.04. The third kappa shape index (κ3) is 3.88. The predicted octanol–water partition coefficient (Wildman–Crippen LogP) is 5.20. The average Bonchev–Trinajstić information content (AvgIpc) is 3.34. The highest BCUT2D eigenvalue weighted by molar-refractivity contribution is 5.59. The molecule has 0 radical (unpaired) electrons. The van der Waals surface area contributed by atoms with Crippen molar-refractivity contribution in [3.05, 3.63) is 71.1 Å². The van der Waals surface area contributed by atoms with Crippen molar-refractivity contribution in [1.29, 1.82) is 0 Å². The fourth-order valence-electron chi connectivity index (χ4n) is 3.16. The largest absolute Gasteiger partial charge is 0.418 e. The Morgan fingerprint density at radius 3 is 2.48 bits per heavy atom. The Labute approximate surface area is 154 Å². The molecule has 0 N–H and O–H groups in total. The molecule has 2 aromatic carbocycles. The zero-order chi connectivity index (χ0) is 18.9. The Bertz CT molecular complexity index is 913. The lowest BCUT2D eigenvalue weighted by Gasteiger charge is -2.09. The summed E-state index contributed by atoms with van der Waals surface area (Å²) >= 11 is 0. The Balaban J connectivity index is 1.58. The van der Waals surface area contributed by atoms with Gasteiger partial charge < -0.3 is 9.15 Å². The molecule has 0 bridgehead atoms. The van der Waals surface area contributed by atoms with Gasteiger partial charge in [-0.1, -0.05) is 30.3 Å². The Morgan fingerprint density at radius 1 is 1.00 bits per heavy atom. The van der Waals surface area contributed by atoms with Crippen LogP contribution >= 0.6 is 0 Å². The predicted molar refractivity (Wildman–Crippen MR) is 91.9 cm³/mol. The molecule has 1 atom stereocenters. The van der Waals surface area contributed by atoms with Crippen molar-refractivity contribution < 1.29 is 22.3 Å². The van der Waals surface area contributed by atoms with Gasteiger partial charge in [0.25, 0.3) is 0 Å². The zero-order valence-corrected chi connectivity index (χ0v) is 14.4. The molecule has 1 unspecified atom stereocenters. The van der Waals surface area contributed by atoms with Gasteiger partial charge in [0.2, 0.25) is 11.8 Å². The van der Waals surface area contributed by atoms with Crippen molar-refractivity contribution in [2.45, 2.75) is 31.5 Å². The second-order valence-electron chi connectivity index (χ2n) is 6.48. The van der Waals surface area contributed by atoms with Gasteiger partial charge in [0, 0.05) is 12.2 Å². The quantitative estimate of drug-likeness (QED) is 0.630. The summed E-state index contributed by atoms with van der Waals surface area (Å²) in [6, 6.07) is 12.7. The summed E-state index contributed by atoms with van der Waals surface area (Å²) in [7, 11) is 0. The molecule has 1 fully saturated rings. The number of nitrogens with zero attached hydrogens (tertiary/aromatic N) is 2. The van der Waals surface area contributed by atoms with Crippen LogP contribution in [0.2, 0.25) is 0 Å². The van der Waals surface area contributed by atoms with E-state index >= 15 is 0 Å². The third-order valence-corrected chi connectivity index (χ3v) is 4.57. The second kappa shape index (κ2) is 7.15. The molecule has 0 saturated carbocycles. The molecule has 27 heavy (non-hydrogen) atoms. The molecule has 2 heterocycles. The topological polar surface area (TPSA) is 48.2 Å². The van der Waals surface area contributed by atoms with E-state index in [1.165, 1.54) is 12.1 Å². The van der Waals surface area contributed by atoms with E-state index in [0.717, 1.165) is 41.7 Å². The Kier molecular flexibility index (Phi) is 4.70. The van der Waals surface area contributed by atoms with Crippen LogP contribution in [0.5, 0.6) is 0 Å². The molecule has 7 heteroatoms. The minimum absolute atomic E-state index is 0.159. The number of alkyl halides is 3. The number of ether oxygens (including phenoxy) is 1. The van der Waals surface area contributed by atoms with E-state index in [9.17, 15) is 13.2 Å². The van der Waals surface area contributed by atoms with E-state index in [-0.39, 0.29) is 6.10 Å². The van der Waals surface area contributed by atoms with Gasteiger partial charge in [-0.15, -0.1) is 10.2 Å². The second-order valence-corrected chi connectivity index (χ2v) is 6.48. The maximum Gasteiger partial charge on any atom is 0.416 e. The van der Waals surface area contributed by atoms with Crippen LogP contribution in [0.3, 0.4) is 0 Å². The van der Waals surface area contributed by atoms with Gasteiger partial charge in [-0.25, -0.2) is 0 Å². The molecular weight excluding hydrogens is 357 g/mol. The van der Waals surface area contributed by atoms with Crippen LogP contribution in [0.1, 0.15) is 41.5 Å². The van der Waals surface area contributed by atoms with E-state index in [4.69, 9.17) is 9.15 Å². The summed E-state index contributed by atoms with van der Waals surface area (Å²) in [5, 5.41) is 8.23. The summed E-state index contributed by atoms with van der Waals surface area (Å²) < 4.78 is 49.5. The van der Waals surface area contributed by atoms with Gasteiger partial charge in [-0.05, 0) is 48.6 Å². The molecular formula is C20H17F3N2O2. The number of aromatic nitrogens is 2. The summed E-state index contributed by atoms with van der Waals surface area (Å²) in [4.78, 5) is 0. The van der Waals surface area contributed by atoms with Crippen molar-refractivity contribution in [2.75, 3.05) is 6.61 Å². The van der Waals surface area contributed by atoms with E-state index in [2.05, 4.69) is 10.2 Å². The smallest absolute Gasteiger partial charge is 0.416 e. The van der Waals surface area contributed by atoms with E-state index < -0.39 is 11.7 Å². The van der Waals surface area contributed by atoms with Crippen LogP contribution in [0.4, 0.5) is 13.2 Å². The zero-order valence-electron chi connectivity index (χ0n) is 14.4. The standard InChI is InChI=1S/C20H17F3N2O2/c21-20(22,23)15-9-7-13(8-10-15)12-14-4-1-2-5-16(14)18-24-25-19(27-18)17-6-3-11-26-17/h1-2,4-5,7-10,17H,3,6,11-12H2. The van der Waals surface area contributed by atoms with E-state index in [0.29, 0.717) is 24.8 Å². The van der Waals surface area contributed by atoms with Gasteiger partial charge >= 0.3 is 6.18 Å². The van der Waals surface area contributed by atoms with Crippen molar-refractivity contribution in [2.24, 2.45) is 0 Å². The van der Waals surface area contributed by atoms with E-state index in [1.54, 1.807) is 0 Å². The van der Waals surface area contributed by atoms with Gasteiger partial charge in [0.1, 0.15) is 6.10 Å². The fraction of sp³-hybridized carbons (Fsp3) is 0.300. The van der Waals surface area contributed by atoms with Crippen LogP contribution in [0, 0.1) is 0 Å². The van der Waals surface area contributed by atoms with Gasteiger partial charge in [-0.3, -0.25) is 0 Å². The molecule has 3 aromatic rings. The average molecular weight is 374 g/mol. The monoisotopic (exact) mass is 374 g/mol. The van der Waals surface area contributed by atoms with Crippen molar-refractivity contribution in [3.8, 4) is 11.5 Å². The first-order chi connectivity index (χ1) is 13.0. The van der Waals surface area contributed by atoms with Crippen molar-refractivity contribution in [1.82, 2.24) is 10.2 Å². The van der Waals surface area contributed by atoms with Crippen LogP contribution < -0.4 is 0 Å². The van der Waals surface area contributed by atoms with E-state index in [1.807, 2.05) is 24.3 Å². The minimum Gasteiger partial charge on any atom is -0.418 e. The number of benzene rings is 2. The molecule has 4 nitrogen and oxygen atoms in total. The number of halogens is 3. The van der Waals surface area contributed by atoms with Crippen LogP contribution in [-0.2, 0) is 17.3 Å². The van der Waals surface area contributed by atoms with Crippen molar-refractivity contribution >= 4 is 0 Å². The first-order valence-corrected chi connectivity index (χ1v) is 8.70. The summed E-state index contributed by atoms with van der Waals surface area (Å²) in [6.45, 7) is 0.687. The molecule has 4 rings (SSSR count). The normalized spacial score (nSPS) is 17.4. The molecule has 1 saturated heterocycles. The first-order valence-electron chi connectivity index (χ1n) is 8.70. The number of hydrogen-bond donors (Lipinski definition) is 0. The summed E-state index contributed by atoms with van der Waals surface area (Å²) in [5.74, 6) is 0.856. The molecule has 0 aliphatic carbocycles. The SMILES string of the molecule is FC(F)(F)c1ccc(Cc2ccccc2-c2nnc(C3CCCO3)o2)cc1. The first kappa shape index (κ1) is 17.7. The van der Waals surface area contributed by atoms with Gasteiger partial charge in [0.05, 0.1) is 5.56 Å². The lowest BCUT2D eigenvalue weighted by molar-refractivity contribution is -0.137. The van der Waals surface area contributed by atoms with Crippen molar-refractivity contribution in [3.63, 3.8) is 0 Å². The maximum absolute atomic E-state index is 12.7. The molecule has 0 amide bonds. The Hall–Kier alpha value is -2.67. The minimum atomic E-state index is -4.33. The van der Waals surface area contributed by atoms with Crippen LogP contribution in [0.15, 0.2) is 52.9 Å². The lowest BCUT2D eigenvalue weighted by atomic mass is 9.99. The fourth-order valence-corrected chi connectivity index (χ4v) is 3.16. The Morgan fingerprint density at radius 2 is 1.78 bits per heavy atom. The highest BCUT2D eigenvalue weighted by atomic mass is 19.4. The highest BCUT2D eigenvalue weighted by Crippen LogP contribution is 2.32. The summed E-state index contributed by atoms with van der Waals surface area (Å²) in [5.41, 5.74) is 1.79. The molecule has 1 aliphatic heterocycles. The number of hydrogen-bond acceptors (Lipinski definition) is 4. The maximum atomic E-state index is 12.7. The molecule has 0 spiro atoms. The third-order valence-electron chi connectivity index (χ3n) is 4.57. The molecule has 1 aromatic heterocycles. The van der Waals surface area contributed by atoms with Gasteiger partial charge in [0.15, 0.2) is 0 Å². The molecule has 140 valence electrons. The summed E-state index contributed by atoms with van der Waals surface area (Å²) in [6.07, 6.45) is -2.21.